The van der Waals surface area contributed by atoms with Crippen molar-refractivity contribution in [1.82, 2.24) is 4.98 Å². The second-order valence-corrected chi connectivity index (χ2v) is 7.96. The van der Waals surface area contributed by atoms with E-state index < -0.39 is 0 Å². The van der Waals surface area contributed by atoms with Crippen molar-refractivity contribution in [2.24, 2.45) is 0 Å². The number of para-hydroxylation sites is 1. The van der Waals surface area contributed by atoms with E-state index in [-0.39, 0.29) is 5.91 Å². The van der Waals surface area contributed by atoms with Crippen LogP contribution < -0.4 is 10.2 Å². The highest BCUT2D eigenvalue weighted by atomic mass is 32.1. The monoisotopic (exact) mass is 366 g/mol. The number of nitrogens with one attached hydrogen (secondary N) is 2. The quantitative estimate of drug-likeness (QED) is 0.728. The molecule has 4 rings (SSSR count). The van der Waals surface area contributed by atoms with Crippen LogP contribution in [0.4, 0.5) is 5.69 Å². The Morgan fingerprint density at radius 2 is 2.04 bits per heavy atom. The minimum absolute atomic E-state index is 0.0808. The molecule has 0 saturated carbocycles. The number of rotatable bonds is 5. The number of thiazole rings is 1. The highest BCUT2D eigenvalue weighted by Gasteiger charge is 2.33. The van der Waals surface area contributed by atoms with Gasteiger partial charge in [-0.05, 0) is 36.2 Å². The fourth-order valence-electron chi connectivity index (χ4n) is 3.70. The molecule has 1 aliphatic rings. The van der Waals surface area contributed by atoms with E-state index in [0.29, 0.717) is 12.6 Å². The van der Waals surface area contributed by atoms with Crippen molar-refractivity contribution in [3.05, 3.63) is 59.1 Å². The average molecular weight is 367 g/mol. The SMILES string of the molecule is CCc1ccc(NC(=O)C[NH+]2CCC[C@H]2c2nc3ccccc3s2)cc1. The van der Waals surface area contributed by atoms with Gasteiger partial charge < -0.3 is 10.2 Å². The molecule has 2 aromatic carbocycles. The Kier molecular flexibility index (Phi) is 5.00. The normalized spacial score (nSPS) is 19.7. The van der Waals surface area contributed by atoms with Crippen LogP contribution in [0.1, 0.15) is 36.4 Å². The molecule has 1 saturated heterocycles. The summed E-state index contributed by atoms with van der Waals surface area (Å²) >= 11 is 1.77. The lowest BCUT2D eigenvalue weighted by Gasteiger charge is -2.19. The summed E-state index contributed by atoms with van der Waals surface area (Å²) in [5.74, 6) is 0.0808. The minimum atomic E-state index is 0.0808. The Morgan fingerprint density at radius 3 is 2.81 bits per heavy atom. The predicted molar refractivity (Wildman–Crippen MR) is 107 cm³/mol. The van der Waals surface area contributed by atoms with Gasteiger partial charge in [0.05, 0.1) is 16.8 Å². The molecular formula is C21H24N3OS+. The molecule has 0 aliphatic carbocycles. The number of hydrogen-bond acceptors (Lipinski definition) is 3. The maximum Gasteiger partial charge on any atom is 0.279 e. The number of amides is 1. The van der Waals surface area contributed by atoms with Crippen LogP contribution >= 0.6 is 11.3 Å². The lowest BCUT2D eigenvalue weighted by molar-refractivity contribution is -0.910. The van der Waals surface area contributed by atoms with Gasteiger partial charge >= 0.3 is 0 Å². The number of quaternary nitrogens is 1. The first-order valence-corrected chi connectivity index (χ1v) is 10.1. The van der Waals surface area contributed by atoms with E-state index in [1.54, 1.807) is 11.3 Å². The van der Waals surface area contributed by atoms with Gasteiger partial charge in [-0.3, -0.25) is 4.79 Å². The average Bonchev–Trinajstić information content (AvgIpc) is 3.28. The molecule has 0 radical (unpaired) electrons. The fraction of sp³-hybridized carbons (Fsp3) is 0.333. The summed E-state index contributed by atoms with van der Waals surface area (Å²) < 4.78 is 1.23. The first-order chi connectivity index (χ1) is 12.7. The topological polar surface area (TPSA) is 46.4 Å². The Labute approximate surface area is 157 Å². The molecule has 1 amide bonds. The summed E-state index contributed by atoms with van der Waals surface area (Å²) in [4.78, 5) is 18.7. The van der Waals surface area contributed by atoms with Gasteiger partial charge in [0.1, 0.15) is 6.04 Å². The van der Waals surface area contributed by atoms with Crippen molar-refractivity contribution < 1.29 is 9.69 Å². The molecule has 26 heavy (non-hydrogen) atoms. The number of nitrogens with zero attached hydrogens (tertiary/aromatic N) is 1. The molecule has 5 heteroatoms. The van der Waals surface area contributed by atoms with E-state index in [2.05, 4.69) is 42.6 Å². The second kappa shape index (κ2) is 7.56. The Morgan fingerprint density at radius 1 is 1.23 bits per heavy atom. The van der Waals surface area contributed by atoms with Gasteiger partial charge in [0.25, 0.3) is 5.91 Å². The number of fused-ring (bicyclic) bond motifs is 1. The van der Waals surface area contributed by atoms with Crippen LogP contribution in [0.15, 0.2) is 48.5 Å². The first-order valence-electron chi connectivity index (χ1n) is 9.32. The standard InChI is InChI=1S/C21H23N3OS/c1-2-15-9-11-16(12-10-15)22-20(25)14-24-13-5-7-18(24)21-23-17-6-3-4-8-19(17)26-21/h3-4,6,8-12,18H,2,5,7,13-14H2,1H3,(H,22,25)/p+1/t18-/m0/s1. The minimum Gasteiger partial charge on any atom is -0.321 e. The zero-order chi connectivity index (χ0) is 17.9. The number of aryl methyl sites for hydroxylation is 1. The molecule has 3 aromatic rings. The van der Waals surface area contributed by atoms with Crippen LogP contribution in [0, 0.1) is 0 Å². The Hall–Kier alpha value is -2.24. The van der Waals surface area contributed by atoms with Crippen LogP contribution in [-0.4, -0.2) is 24.0 Å². The number of hydrogen-bond donors (Lipinski definition) is 2. The molecule has 0 bridgehead atoms. The summed E-state index contributed by atoms with van der Waals surface area (Å²) in [5, 5.41) is 4.21. The zero-order valence-corrected chi connectivity index (χ0v) is 15.8. The smallest absolute Gasteiger partial charge is 0.279 e. The van der Waals surface area contributed by atoms with Gasteiger partial charge in [-0.2, -0.15) is 0 Å². The van der Waals surface area contributed by atoms with Crippen LogP contribution in [0.25, 0.3) is 10.2 Å². The Balaban J connectivity index is 1.43. The number of benzene rings is 2. The van der Waals surface area contributed by atoms with E-state index in [0.717, 1.165) is 37.0 Å². The largest absolute Gasteiger partial charge is 0.321 e. The van der Waals surface area contributed by atoms with Crippen molar-refractivity contribution in [3.8, 4) is 0 Å². The van der Waals surface area contributed by atoms with Crippen LogP contribution in [0.5, 0.6) is 0 Å². The molecule has 2 atom stereocenters. The summed E-state index contributed by atoms with van der Waals surface area (Å²) in [7, 11) is 0. The number of anilines is 1. The molecule has 1 fully saturated rings. The molecule has 1 aromatic heterocycles. The van der Waals surface area contributed by atoms with E-state index in [1.165, 1.54) is 20.2 Å². The Bertz CT molecular complexity index is 870. The lowest BCUT2D eigenvalue weighted by Crippen LogP contribution is -3.11. The van der Waals surface area contributed by atoms with Gasteiger partial charge in [0.2, 0.25) is 0 Å². The summed E-state index contributed by atoms with van der Waals surface area (Å²) in [6, 6.07) is 16.7. The lowest BCUT2D eigenvalue weighted by atomic mass is 10.1. The van der Waals surface area contributed by atoms with Crippen molar-refractivity contribution in [2.45, 2.75) is 32.2 Å². The number of carbonyl (C=O) groups is 1. The number of aromatic nitrogens is 1. The fourth-order valence-corrected chi connectivity index (χ4v) is 4.86. The van der Waals surface area contributed by atoms with Gasteiger partial charge in [-0.15, -0.1) is 11.3 Å². The van der Waals surface area contributed by atoms with Crippen LogP contribution in [0.2, 0.25) is 0 Å². The van der Waals surface area contributed by atoms with Crippen molar-refractivity contribution in [2.75, 3.05) is 18.4 Å². The molecule has 1 aliphatic heterocycles. The van der Waals surface area contributed by atoms with Crippen molar-refractivity contribution >= 4 is 33.1 Å². The van der Waals surface area contributed by atoms with Crippen LogP contribution in [0.3, 0.4) is 0 Å². The van der Waals surface area contributed by atoms with Gasteiger partial charge in [-0.1, -0.05) is 31.2 Å². The van der Waals surface area contributed by atoms with Crippen molar-refractivity contribution in [1.29, 1.82) is 0 Å². The third-order valence-electron chi connectivity index (χ3n) is 5.13. The first kappa shape index (κ1) is 17.2. The summed E-state index contributed by atoms with van der Waals surface area (Å²) in [5.41, 5.74) is 3.23. The van der Waals surface area contributed by atoms with Gasteiger partial charge in [0, 0.05) is 18.5 Å². The number of carbonyl (C=O) groups excluding carboxylic acids is 1. The predicted octanol–water partition coefficient (Wildman–Crippen LogP) is 3.22. The van der Waals surface area contributed by atoms with Gasteiger partial charge in [0.15, 0.2) is 11.6 Å². The van der Waals surface area contributed by atoms with E-state index in [4.69, 9.17) is 4.98 Å². The summed E-state index contributed by atoms with van der Waals surface area (Å²) in [6.07, 6.45) is 3.26. The summed E-state index contributed by atoms with van der Waals surface area (Å²) in [6.45, 7) is 3.66. The van der Waals surface area contributed by atoms with E-state index in [1.807, 2.05) is 18.2 Å². The molecule has 2 heterocycles. The maximum atomic E-state index is 12.5. The maximum absolute atomic E-state index is 12.5. The van der Waals surface area contributed by atoms with E-state index >= 15 is 0 Å². The highest BCUT2D eigenvalue weighted by Crippen LogP contribution is 2.28. The van der Waals surface area contributed by atoms with Gasteiger partial charge in [-0.25, -0.2) is 4.98 Å². The molecular weight excluding hydrogens is 342 g/mol. The number of likely N-dealkylation sites (tertiary alicyclic amines) is 1. The zero-order valence-electron chi connectivity index (χ0n) is 15.0. The molecule has 2 N–H and O–H groups in total. The third-order valence-corrected chi connectivity index (χ3v) is 6.28. The highest BCUT2D eigenvalue weighted by molar-refractivity contribution is 7.18. The molecule has 4 nitrogen and oxygen atoms in total. The molecule has 0 spiro atoms. The molecule has 134 valence electrons. The van der Waals surface area contributed by atoms with E-state index in [9.17, 15) is 4.79 Å². The third kappa shape index (κ3) is 3.64. The van der Waals surface area contributed by atoms with Crippen molar-refractivity contribution in [3.63, 3.8) is 0 Å². The van der Waals surface area contributed by atoms with Crippen LogP contribution in [-0.2, 0) is 11.2 Å². The second-order valence-electron chi connectivity index (χ2n) is 6.90. The molecule has 1 unspecified atom stereocenters.